The zero-order chi connectivity index (χ0) is 37.4. The van der Waals surface area contributed by atoms with Crippen molar-refractivity contribution >= 4 is 41.6 Å². The Hall–Kier alpha value is -3.73. The predicted octanol–water partition coefficient (Wildman–Crippen LogP) is 7.11. The Morgan fingerprint density at radius 3 is 2.44 bits per heavy atom. The van der Waals surface area contributed by atoms with Crippen LogP contribution in [-0.2, 0) is 24.0 Å². The molecule has 3 rings (SSSR count). The van der Waals surface area contributed by atoms with E-state index in [1.165, 1.54) is 6.92 Å². The molecule has 2 aliphatic rings. The minimum atomic E-state index is -1.51. The summed E-state index contributed by atoms with van der Waals surface area (Å²) in [7, 11) is 0. The highest BCUT2D eigenvalue weighted by Gasteiger charge is 2.49. The van der Waals surface area contributed by atoms with Gasteiger partial charge in [-0.3, -0.25) is 14.4 Å². The maximum atomic E-state index is 13.8. The number of aromatic nitrogens is 2. The van der Waals surface area contributed by atoms with Crippen molar-refractivity contribution in [2.45, 2.75) is 119 Å². The van der Waals surface area contributed by atoms with Crippen LogP contribution in [0.3, 0.4) is 0 Å². The highest BCUT2D eigenvalue weighted by atomic mass is 16.6. The normalized spacial score (nSPS) is 35.5. The van der Waals surface area contributed by atoms with Crippen molar-refractivity contribution in [3.63, 3.8) is 0 Å². The number of ketones is 1. The topological polar surface area (TPSA) is 145 Å². The van der Waals surface area contributed by atoms with Gasteiger partial charge in [0.15, 0.2) is 5.82 Å². The molecular weight excluding hydrogens is 634 g/mol. The van der Waals surface area contributed by atoms with E-state index in [0.717, 1.165) is 17.0 Å². The number of aliphatic imine (C=N–C) groups is 2. The highest BCUT2D eigenvalue weighted by molar-refractivity contribution is 6.00. The second-order valence-electron chi connectivity index (χ2n) is 15.1. The van der Waals surface area contributed by atoms with Crippen LogP contribution >= 0.6 is 0 Å². The third-order valence-corrected chi connectivity index (χ3v) is 11.4. The van der Waals surface area contributed by atoms with Gasteiger partial charge in [0.25, 0.3) is 0 Å². The number of hydrogen-bond donors (Lipinski definition) is 1. The summed E-state index contributed by atoms with van der Waals surface area (Å²) in [5.41, 5.74) is 0.583. The van der Waals surface area contributed by atoms with Crippen LogP contribution in [0.4, 0.5) is 0 Å². The van der Waals surface area contributed by atoms with Crippen LogP contribution < -0.4 is 0 Å². The number of oxime groups is 1. The van der Waals surface area contributed by atoms with Crippen LogP contribution in [0.2, 0.25) is 0 Å². The lowest BCUT2D eigenvalue weighted by molar-refractivity contribution is -0.178. The molecule has 1 aliphatic heterocycles. The Balaban J connectivity index is 2.12. The van der Waals surface area contributed by atoms with E-state index in [1.807, 2.05) is 45.9 Å². The molecule has 1 aliphatic carbocycles. The Morgan fingerprint density at radius 2 is 1.84 bits per heavy atom. The number of ether oxygens (including phenoxy) is 1. The molecule has 9 atom stereocenters. The molecule has 2 bridgehead atoms. The number of amides is 1. The number of hydrogen-bond acceptors (Lipinski definition) is 9. The average molecular weight is 694 g/mol. The van der Waals surface area contributed by atoms with Gasteiger partial charge in [-0.1, -0.05) is 52.8 Å². The van der Waals surface area contributed by atoms with Gasteiger partial charge >= 0.3 is 5.97 Å². The number of rotatable bonds is 7. The zero-order valence-electron chi connectivity index (χ0n) is 31.8. The molecule has 50 heavy (non-hydrogen) atoms. The fourth-order valence-electron chi connectivity index (χ4n) is 7.94. The molecule has 1 N–H and O–H groups in total. The van der Waals surface area contributed by atoms with Crippen molar-refractivity contribution in [2.75, 3.05) is 6.61 Å². The van der Waals surface area contributed by atoms with Gasteiger partial charge in [0, 0.05) is 36.9 Å². The average Bonchev–Trinajstić information content (AvgIpc) is 3.60. The van der Waals surface area contributed by atoms with E-state index >= 15 is 0 Å². The molecule has 1 saturated carbocycles. The fourth-order valence-corrected chi connectivity index (χ4v) is 7.94. The Kier molecular flexibility index (Phi) is 14.2. The second kappa shape index (κ2) is 17.5. The molecule has 1 aromatic rings. The van der Waals surface area contributed by atoms with Crippen LogP contribution in [0, 0.1) is 40.9 Å². The van der Waals surface area contributed by atoms with Gasteiger partial charge in [0.2, 0.25) is 5.91 Å². The van der Waals surface area contributed by atoms with Crippen LogP contribution in [0.1, 0.15) is 108 Å². The molecular formula is C39H59N5O6. The van der Waals surface area contributed by atoms with Gasteiger partial charge in [-0.2, -0.15) is 5.10 Å². The Labute approximate surface area is 298 Å². The number of carbonyl (C=O) groups excluding carboxylic acids is 3. The molecule has 11 nitrogen and oxygen atoms in total. The molecule has 276 valence electrons. The van der Waals surface area contributed by atoms with Crippen molar-refractivity contribution in [2.24, 2.45) is 56.1 Å². The fraction of sp³-hybridized carbons (Fsp3) is 0.667. The standard InChI is InChI=1S/C39H59N5O6/c1-12-33-39(10,48)32-16-15-31(43-49-23-24(2)14-17-34(40-11)44-21-13-20-41-44)18-19-38(9,22-25(3)35(27(32)5)42-30(8)45)29(7)26(4)36(46)28(6)37(47)50-33/h13-14,17,20-21,25-29,32-33,48H,11-12,15-16,18-19,22-23H2,1-10H3/b24-14+,34-17+,42-35+,43-31+/t25-,26-,27-,28-,29-,32-,33-,38-,39+/m1/s1. The van der Waals surface area contributed by atoms with Gasteiger partial charge in [-0.25, -0.2) is 14.7 Å². The second-order valence-corrected chi connectivity index (χ2v) is 15.1. The minimum absolute atomic E-state index is 0.114. The van der Waals surface area contributed by atoms with E-state index in [9.17, 15) is 19.5 Å². The van der Waals surface area contributed by atoms with Gasteiger partial charge in [-0.05, 0) is 107 Å². The van der Waals surface area contributed by atoms with Crippen LogP contribution in [-0.4, -0.2) is 69.0 Å². The van der Waals surface area contributed by atoms with Gasteiger partial charge in [-0.15, -0.1) is 0 Å². The molecule has 0 aromatic carbocycles. The number of allylic oxidation sites excluding steroid dienone is 2. The first-order valence-electron chi connectivity index (χ1n) is 18.0. The summed E-state index contributed by atoms with van der Waals surface area (Å²) in [5.74, 6) is -2.95. The molecule has 1 saturated heterocycles. The maximum Gasteiger partial charge on any atom is 0.316 e. The number of Topliss-reactive ketones (excluding diaryl/α,β-unsaturated/α-hetero) is 1. The molecule has 0 spiro atoms. The Bertz CT molecular complexity index is 1490. The molecule has 0 unspecified atom stereocenters. The van der Waals surface area contributed by atoms with Gasteiger partial charge in [0.1, 0.15) is 30.0 Å². The number of aliphatic hydroxyl groups is 1. The molecule has 11 heteroatoms. The highest BCUT2D eigenvalue weighted by Crippen LogP contribution is 2.47. The van der Waals surface area contributed by atoms with Crippen molar-refractivity contribution in [3.05, 3.63) is 36.2 Å². The minimum Gasteiger partial charge on any atom is -0.459 e. The zero-order valence-corrected chi connectivity index (χ0v) is 31.8. The molecule has 2 fully saturated rings. The largest absolute Gasteiger partial charge is 0.459 e. The summed E-state index contributed by atoms with van der Waals surface area (Å²) in [6.07, 6.45) is 9.60. The van der Waals surface area contributed by atoms with Gasteiger partial charge in [0.05, 0.1) is 5.71 Å². The lowest BCUT2D eigenvalue weighted by atomic mass is 9.62. The molecule has 0 radical (unpaired) electrons. The molecule has 1 amide bonds. The van der Waals surface area contributed by atoms with Crippen LogP contribution in [0.5, 0.6) is 0 Å². The lowest BCUT2D eigenvalue weighted by Gasteiger charge is -2.44. The van der Waals surface area contributed by atoms with Crippen LogP contribution in [0.15, 0.2) is 51.3 Å². The predicted molar refractivity (Wildman–Crippen MR) is 198 cm³/mol. The number of cyclic esters (lactones) is 1. The first-order chi connectivity index (χ1) is 23.5. The first kappa shape index (κ1) is 40.7. The molecule has 1 aromatic heterocycles. The SMILES string of the molecule is C=N/C(=C\C=C(/C)CO/N=C1\CC[C@@H]2[C@@H](C)/C(=N/C(C)=O)[C@H](C)C[C@@](C)(CC1)[C@H](C)[C@@H](C)C(=O)[C@@H](C)C(=O)O[C@H](CC)[C@@]2(C)O)n1cccn1. The number of esters is 1. The summed E-state index contributed by atoms with van der Waals surface area (Å²) < 4.78 is 7.61. The smallest absolute Gasteiger partial charge is 0.316 e. The number of fused-ring (bicyclic) bond motifs is 5. The number of nitrogens with zero attached hydrogens (tertiary/aromatic N) is 5. The monoisotopic (exact) mass is 693 g/mol. The first-order valence-corrected chi connectivity index (χ1v) is 18.0. The van der Waals surface area contributed by atoms with E-state index in [0.29, 0.717) is 44.3 Å². The van der Waals surface area contributed by atoms with Gasteiger partial charge < -0.3 is 14.7 Å². The van der Waals surface area contributed by atoms with Crippen molar-refractivity contribution in [1.82, 2.24) is 9.78 Å². The van der Waals surface area contributed by atoms with Crippen molar-refractivity contribution in [1.29, 1.82) is 0 Å². The van der Waals surface area contributed by atoms with Crippen molar-refractivity contribution < 1.29 is 29.1 Å². The molecule has 2 heterocycles. The quantitative estimate of drug-likeness (QED) is 0.105. The summed E-state index contributed by atoms with van der Waals surface area (Å²) in [5, 5.41) is 21.2. The van der Waals surface area contributed by atoms with E-state index < -0.39 is 40.8 Å². The van der Waals surface area contributed by atoms with Crippen LogP contribution in [0.25, 0.3) is 5.82 Å². The van der Waals surface area contributed by atoms with Crippen molar-refractivity contribution in [3.8, 4) is 0 Å². The summed E-state index contributed by atoms with van der Waals surface area (Å²) in [6.45, 7) is 22.7. The summed E-state index contributed by atoms with van der Waals surface area (Å²) >= 11 is 0. The third kappa shape index (κ3) is 9.74. The Morgan fingerprint density at radius 1 is 1.14 bits per heavy atom. The van der Waals surface area contributed by atoms with E-state index in [2.05, 4.69) is 47.7 Å². The van der Waals surface area contributed by atoms with E-state index in [-0.39, 0.29) is 36.1 Å². The maximum absolute atomic E-state index is 13.8. The number of carbonyl (C=O) groups is 3. The van der Waals surface area contributed by atoms with E-state index in [4.69, 9.17) is 9.57 Å². The lowest BCUT2D eigenvalue weighted by Crippen LogP contribution is -2.53. The summed E-state index contributed by atoms with van der Waals surface area (Å²) in [4.78, 5) is 54.4. The third-order valence-electron chi connectivity index (χ3n) is 11.4. The summed E-state index contributed by atoms with van der Waals surface area (Å²) in [6, 6.07) is 1.81. The van der Waals surface area contributed by atoms with E-state index in [1.54, 1.807) is 30.9 Å².